The number of nitrogens with two attached hydrogens (primary N) is 1. The van der Waals surface area contributed by atoms with Gasteiger partial charge in [0, 0.05) is 24.0 Å². The Hall–Kier alpha value is -0.710. The second-order valence-corrected chi connectivity index (χ2v) is 5.69. The molecule has 2 atom stereocenters. The van der Waals surface area contributed by atoms with Crippen molar-refractivity contribution in [2.75, 3.05) is 19.5 Å². The lowest BCUT2D eigenvalue weighted by molar-refractivity contribution is 0.250. The van der Waals surface area contributed by atoms with E-state index in [1.165, 1.54) is 5.56 Å². The summed E-state index contributed by atoms with van der Waals surface area (Å²) in [5, 5.41) is 9.00. The number of benzene rings is 1. The highest BCUT2D eigenvalue weighted by molar-refractivity contribution is 7.98. The van der Waals surface area contributed by atoms with Crippen molar-refractivity contribution < 1.29 is 9.84 Å². The molecule has 0 heterocycles. The van der Waals surface area contributed by atoms with Gasteiger partial charge in [0.15, 0.2) is 0 Å². The van der Waals surface area contributed by atoms with Crippen LogP contribution in [0.15, 0.2) is 18.2 Å². The number of thioether (sulfide) groups is 1. The molecule has 1 rings (SSSR count). The summed E-state index contributed by atoms with van der Waals surface area (Å²) >= 11 is 1.81. The van der Waals surface area contributed by atoms with Crippen LogP contribution < -0.4 is 10.5 Å². The monoisotopic (exact) mass is 269 g/mol. The van der Waals surface area contributed by atoms with E-state index in [9.17, 15) is 0 Å². The van der Waals surface area contributed by atoms with Crippen molar-refractivity contribution in [1.82, 2.24) is 0 Å². The second-order valence-electron chi connectivity index (χ2n) is 4.66. The first kappa shape index (κ1) is 15.3. The van der Waals surface area contributed by atoms with Crippen molar-refractivity contribution in [2.24, 2.45) is 11.7 Å². The molecule has 0 saturated heterocycles. The lowest BCUT2D eigenvalue weighted by Crippen LogP contribution is -2.06. The number of hydrogen-bond donors (Lipinski definition) is 2. The van der Waals surface area contributed by atoms with Gasteiger partial charge in [-0.2, -0.15) is 11.8 Å². The standard InChI is InChI=1S/C14H23NO2S/c1-10(7-16)8-18-9-13-6-12(11(2)15)4-5-14(13)17-3/h4-6,10-11,16H,7-9,15H2,1-3H3. The van der Waals surface area contributed by atoms with Crippen LogP contribution in [0.2, 0.25) is 0 Å². The van der Waals surface area contributed by atoms with E-state index in [0.29, 0.717) is 5.92 Å². The molecule has 0 amide bonds. The Morgan fingerprint density at radius 3 is 2.67 bits per heavy atom. The van der Waals surface area contributed by atoms with E-state index in [-0.39, 0.29) is 12.6 Å². The van der Waals surface area contributed by atoms with E-state index >= 15 is 0 Å². The van der Waals surface area contributed by atoms with Crippen LogP contribution >= 0.6 is 11.8 Å². The van der Waals surface area contributed by atoms with Crippen LogP contribution in [0.5, 0.6) is 5.75 Å². The Balaban J connectivity index is 2.69. The molecule has 0 bridgehead atoms. The minimum atomic E-state index is 0.0380. The third kappa shape index (κ3) is 4.52. The van der Waals surface area contributed by atoms with E-state index in [2.05, 4.69) is 6.07 Å². The van der Waals surface area contributed by atoms with Crippen LogP contribution in [0.3, 0.4) is 0 Å². The summed E-state index contributed by atoms with van der Waals surface area (Å²) in [5.41, 5.74) is 8.19. The molecule has 0 aromatic heterocycles. The fraction of sp³-hybridized carbons (Fsp3) is 0.571. The number of aliphatic hydroxyl groups excluding tert-OH is 1. The summed E-state index contributed by atoms with van der Waals surface area (Å²) in [5.74, 6) is 3.07. The molecule has 2 unspecified atom stereocenters. The lowest BCUT2D eigenvalue weighted by atomic mass is 10.1. The van der Waals surface area contributed by atoms with Crippen LogP contribution in [-0.2, 0) is 5.75 Å². The van der Waals surface area contributed by atoms with Gasteiger partial charge >= 0.3 is 0 Å². The first-order valence-electron chi connectivity index (χ1n) is 6.19. The van der Waals surface area contributed by atoms with Crippen LogP contribution in [0.4, 0.5) is 0 Å². The van der Waals surface area contributed by atoms with E-state index in [1.807, 2.05) is 37.7 Å². The van der Waals surface area contributed by atoms with Gasteiger partial charge in [0.25, 0.3) is 0 Å². The molecule has 0 aliphatic heterocycles. The Bertz CT molecular complexity index is 369. The predicted octanol–water partition coefficient (Wildman–Crippen LogP) is 2.58. The van der Waals surface area contributed by atoms with Crippen molar-refractivity contribution in [1.29, 1.82) is 0 Å². The van der Waals surface area contributed by atoms with Crippen LogP contribution in [0.25, 0.3) is 0 Å². The Morgan fingerprint density at radius 2 is 2.11 bits per heavy atom. The number of ether oxygens (including phenoxy) is 1. The smallest absolute Gasteiger partial charge is 0.122 e. The van der Waals surface area contributed by atoms with Gasteiger partial charge in [0.05, 0.1) is 7.11 Å². The lowest BCUT2D eigenvalue weighted by Gasteiger charge is -2.13. The van der Waals surface area contributed by atoms with E-state index in [0.717, 1.165) is 22.8 Å². The molecule has 0 aliphatic rings. The third-order valence-electron chi connectivity index (χ3n) is 2.80. The highest BCUT2D eigenvalue weighted by Gasteiger charge is 2.08. The molecule has 3 N–H and O–H groups in total. The average molecular weight is 269 g/mol. The SMILES string of the molecule is COc1ccc(C(C)N)cc1CSCC(C)CO. The van der Waals surface area contributed by atoms with Crippen LogP contribution in [-0.4, -0.2) is 24.6 Å². The number of aliphatic hydroxyl groups is 1. The summed E-state index contributed by atoms with van der Waals surface area (Å²) in [6.07, 6.45) is 0. The van der Waals surface area contributed by atoms with Crippen molar-refractivity contribution in [3.63, 3.8) is 0 Å². The maximum absolute atomic E-state index is 9.00. The average Bonchev–Trinajstić information content (AvgIpc) is 2.38. The fourth-order valence-corrected chi connectivity index (χ4v) is 2.69. The van der Waals surface area contributed by atoms with E-state index in [4.69, 9.17) is 15.6 Å². The molecular weight excluding hydrogens is 246 g/mol. The van der Waals surface area contributed by atoms with Crippen LogP contribution in [0.1, 0.15) is 31.0 Å². The molecule has 102 valence electrons. The first-order valence-corrected chi connectivity index (χ1v) is 7.35. The van der Waals surface area contributed by atoms with Crippen molar-refractivity contribution in [3.8, 4) is 5.75 Å². The molecule has 18 heavy (non-hydrogen) atoms. The van der Waals surface area contributed by atoms with Gasteiger partial charge in [-0.15, -0.1) is 0 Å². The third-order valence-corrected chi connectivity index (χ3v) is 4.12. The Kier molecular flexibility index (Phi) is 6.54. The summed E-state index contributed by atoms with van der Waals surface area (Å²) in [6, 6.07) is 6.13. The molecule has 4 heteroatoms. The maximum Gasteiger partial charge on any atom is 0.122 e. The Labute approximate surface area is 114 Å². The quantitative estimate of drug-likeness (QED) is 0.799. The number of hydrogen-bond acceptors (Lipinski definition) is 4. The van der Waals surface area contributed by atoms with Gasteiger partial charge in [0.2, 0.25) is 0 Å². The molecule has 0 spiro atoms. The summed E-state index contributed by atoms with van der Waals surface area (Å²) in [6.45, 7) is 4.26. The van der Waals surface area contributed by atoms with Gasteiger partial charge in [-0.1, -0.05) is 13.0 Å². The van der Waals surface area contributed by atoms with Crippen molar-refractivity contribution >= 4 is 11.8 Å². The van der Waals surface area contributed by atoms with Gasteiger partial charge < -0.3 is 15.6 Å². The highest BCUT2D eigenvalue weighted by Crippen LogP contribution is 2.27. The summed E-state index contributed by atoms with van der Waals surface area (Å²) in [7, 11) is 1.69. The van der Waals surface area contributed by atoms with Gasteiger partial charge in [-0.25, -0.2) is 0 Å². The van der Waals surface area contributed by atoms with E-state index in [1.54, 1.807) is 7.11 Å². The van der Waals surface area contributed by atoms with Crippen molar-refractivity contribution in [2.45, 2.75) is 25.6 Å². The molecule has 1 aromatic carbocycles. The largest absolute Gasteiger partial charge is 0.496 e. The van der Waals surface area contributed by atoms with Crippen molar-refractivity contribution in [3.05, 3.63) is 29.3 Å². The molecule has 3 nitrogen and oxygen atoms in total. The van der Waals surface area contributed by atoms with Crippen LogP contribution in [0, 0.1) is 5.92 Å². The summed E-state index contributed by atoms with van der Waals surface area (Å²) in [4.78, 5) is 0. The predicted molar refractivity (Wildman–Crippen MR) is 78.0 cm³/mol. The maximum atomic E-state index is 9.00. The fourth-order valence-electron chi connectivity index (χ4n) is 1.62. The van der Waals surface area contributed by atoms with Gasteiger partial charge in [0.1, 0.15) is 5.75 Å². The molecule has 0 aliphatic carbocycles. The zero-order valence-electron chi connectivity index (χ0n) is 11.3. The molecule has 0 fully saturated rings. The van der Waals surface area contributed by atoms with Gasteiger partial charge in [-0.3, -0.25) is 0 Å². The molecule has 1 aromatic rings. The topological polar surface area (TPSA) is 55.5 Å². The zero-order valence-corrected chi connectivity index (χ0v) is 12.2. The number of rotatable bonds is 7. The minimum absolute atomic E-state index is 0.0380. The highest BCUT2D eigenvalue weighted by atomic mass is 32.2. The number of methoxy groups -OCH3 is 1. The second kappa shape index (κ2) is 7.67. The minimum Gasteiger partial charge on any atom is -0.496 e. The van der Waals surface area contributed by atoms with Gasteiger partial charge in [-0.05, 0) is 36.3 Å². The van der Waals surface area contributed by atoms with E-state index < -0.39 is 0 Å². The normalized spacial score (nSPS) is 14.3. The molecule has 0 radical (unpaired) electrons. The molecular formula is C14H23NO2S. The summed E-state index contributed by atoms with van der Waals surface area (Å²) < 4.78 is 5.36. The first-order chi connectivity index (χ1) is 8.58. The Morgan fingerprint density at radius 1 is 1.39 bits per heavy atom. The zero-order chi connectivity index (χ0) is 13.5. The molecule has 0 saturated carbocycles.